The minimum atomic E-state index is -0.108. The third-order valence-electron chi connectivity index (χ3n) is 4.70. The highest BCUT2D eigenvalue weighted by molar-refractivity contribution is 5.79. The van der Waals surface area contributed by atoms with E-state index < -0.39 is 0 Å². The molecule has 0 aromatic heterocycles. The average molecular weight is 305 g/mol. The van der Waals surface area contributed by atoms with Gasteiger partial charge in [-0.05, 0) is 24.5 Å². The molecule has 3 rings (SSSR count). The molecule has 1 aromatic carbocycles. The van der Waals surface area contributed by atoms with Gasteiger partial charge in [0.2, 0.25) is 0 Å². The Bertz CT molecular complexity index is 565. The first-order valence-electron chi connectivity index (χ1n) is 7.84. The standard InChI is InChI=1S/C17H24FN3O/c1-16(11-22-12-16)9-20-15(19-2)21-10-17(7-8-17)13-5-3-4-6-14(13)18/h3-6H,7-12H2,1-2H3,(H2,19,20,21). The highest BCUT2D eigenvalue weighted by Crippen LogP contribution is 2.48. The minimum absolute atomic E-state index is 0.0769. The first-order chi connectivity index (χ1) is 10.6. The summed E-state index contributed by atoms with van der Waals surface area (Å²) in [6, 6.07) is 7.08. The fraction of sp³-hybridized carbons (Fsp3) is 0.588. The van der Waals surface area contributed by atoms with Crippen molar-refractivity contribution < 1.29 is 9.13 Å². The summed E-state index contributed by atoms with van der Waals surface area (Å²) in [4.78, 5) is 4.26. The van der Waals surface area contributed by atoms with E-state index in [1.54, 1.807) is 19.2 Å². The number of hydrogen-bond donors (Lipinski definition) is 2. The summed E-state index contributed by atoms with van der Waals surface area (Å²) in [5.74, 6) is 0.666. The molecule has 0 spiro atoms. The van der Waals surface area contributed by atoms with Crippen molar-refractivity contribution in [2.24, 2.45) is 10.4 Å². The molecule has 2 aliphatic rings. The van der Waals surface area contributed by atoms with Gasteiger partial charge in [-0.15, -0.1) is 0 Å². The summed E-state index contributed by atoms with van der Waals surface area (Å²) >= 11 is 0. The number of nitrogens with one attached hydrogen (secondary N) is 2. The Hall–Kier alpha value is -1.62. The van der Waals surface area contributed by atoms with E-state index in [1.807, 2.05) is 12.1 Å². The van der Waals surface area contributed by atoms with Gasteiger partial charge in [-0.1, -0.05) is 25.1 Å². The van der Waals surface area contributed by atoms with Gasteiger partial charge in [-0.2, -0.15) is 0 Å². The van der Waals surface area contributed by atoms with Crippen LogP contribution in [0.2, 0.25) is 0 Å². The number of rotatable bonds is 5. The van der Waals surface area contributed by atoms with Crippen LogP contribution in [0.25, 0.3) is 0 Å². The Kier molecular flexibility index (Phi) is 4.08. The molecule has 22 heavy (non-hydrogen) atoms. The zero-order valence-electron chi connectivity index (χ0n) is 13.3. The van der Waals surface area contributed by atoms with E-state index in [2.05, 4.69) is 22.5 Å². The van der Waals surface area contributed by atoms with E-state index in [0.717, 1.165) is 44.1 Å². The highest BCUT2D eigenvalue weighted by Gasteiger charge is 2.45. The van der Waals surface area contributed by atoms with Crippen LogP contribution < -0.4 is 10.6 Å². The van der Waals surface area contributed by atoms with Crippen molar-refractivity contribution in [2.45, 2.75) is 25.2 Å². The van der Waals surface area contributed by atoms with E-state index in [-0.39, 0.29) is 16.6 Å². The third kappa shape index (κ3) is 3.09. The second kappa shape index (κ2) is 5.88. The Morgan fingerprint density at radius 3 is 2.45 bits per heavy atom. The Morgan fingerprint density at radius 1 is 1.23 bits per heavy atom. The van der Waals surface area contributed by atoms with Crippen molar-refractivity contribution in [1.29, 1.82) is 0 Å². The topological polar surface area (TPSA) is 45.7 Å². The molecule has 0 amide bonds. The van der Waals surface area contributed by atoms with Gasteiger partial charge in [0.15, 0.2) is 5.96 Å². The fourth-order valence-corrected chi connectivity index (χ4v) is 2.91. The summed E-state index contributed by atoms with van der Waals surface area (Å²) in [5.41, 5.74) is 0.935. The molecule has 4 nitrogen and oxygen atoms in total. The predicted octanol–water partition coefficient (Wildman–Crippen LogP) is 2.06. The summed E-state index contributed by atoms with van der Waals surface area (Å²) in [6.45, 7) is 5.31. The lowest BCUT2D eigenvalue weighted by atomic mass is 9.89. The van der Waals surface area contributed by atoms with Crippen molar-refractivity contribution >= 4 is 5.96 Å². The molecule has 0 radical (unpaired) electrons. The average Bonchev–Trinajstić information content (AvgIpc) is 3.27. The maximum absolute atomic E-state index is 14.0. The number of benzene rings is 1. The highest BCUT2D eigenvalue weighted by atomic mass is 19.1. The smallest absolute Gasteiger partial charge is 0.191 e. The van der Waals surface area contributed by atoms with E-state index in [1.165, 1.54) is 0 Å². The van der Waals surface area contributed by atoms with Crippen molar-refractivity contribution in [2.75, 3.05) is 33.4 Å². The quantitative estimate of drug-likeness (QED) is 0.646. The van der Waals surface area contributed by atoms with Gasteiger partial charge >= 0.3 is 0 Å². The molecule has 1 aliphatic carbocycles. The van der Waals surface area contributed by atoms with Crippen molar-refractivity contribution in [1.82, 2.24) is 10.6 Å². The van der Waals surface area contributed by atoms with Crippen LogP contribution in [0.4, 0.5) is 4.39 Å². The molecule has 1 saturated carbocycles. The van der Waals surface area contributed by atoms with Crippen LogP contribution in [-0.2, 0) is 10.2 Å². The predicted molar refractivity (Wildman–Crippen MR) is 85.6 cm³/mol. The molecule has 5 heteroatoms. The molecular weight excluding hydrogens is 281 g/mol. The molecule has 0 bridgehead atoms. The Balaban J connectivity index is 1.56. The first-order valence-corrected chi connectivity index (χ1v) is 7.84. The van der Waals surface area contributed by atoms with E-state index in [0.29, 0.717) is 6.54 Å². The first kappa shape index (κ1) is 15.3. The summed E-state index contributed by atoms with van der Waals surface area (Å²) in [7, 11) is 1.76. The second-order valence-electron chi connectivity index (χ2n) is 6.84. The van der Waals surface area contributed by atoms with Crippen molar-refractivity contribution in [3.8, 4) is 0 Å². The van der Waals surface area contributed by atoms with Gasteiger partial charge in [-0.3, -0.25) is 4.99 Å². The summed E-state index contributed by atoms with van der Waals surface area (Å²) in [5, 5.41) is 6.69. The molecule has 1 aromatic rings. The maximum atomic E-state index is 14.0. The van der Waals surface area contributed by atoms with Crippen molar-refractivity contribution in [3.63, 3.8) is 0 Å². The van der Waals surface area contributed by atoms with Crippen LogP contribution in [0.5, 0.6) is 0 Å². The van der Waals surface area contributed by atoms with E-state index in [4.69, 9.17) is 4.74 Å². The van der Waals surface area contributed by atoms with Crippen LogP contribution in [-0.4, -0.2) is 39.3 Å². The number of guanidine groups is 1. The van der Waals surface area contributed by atoms with Crippen LogP contribution in [0.1, 0.15) is 25.3 Å². The number of nitrogens with zero attached hydrogens (tertiary/aromatic N) is 1. The number of aliphatic imine (C=N–C) groups is 1. The van der Waals surface area contributed by atoms with Gasteiger partial charge in [0.25, 0.3) is 0 Å². The maximum Gasteiger partial charge on any atom is 0.191 e. The Labute approximate surface area is 131 Å². The lowest BCUT2D eigenvalue weighted by molar-refractivity contribution is -0.0971. The lowest BCUT2D eigenvalue weighted by Gasteiger charge is -2.38. The molecule has 0 atom stereocenters. The Morgan fingerprint density at radius 2 is 1.91 bits per heavy atom. The van der Waals surface area contributed by atoms with Crippen LogP contribution in [0.3, 0.4) is 0 Å². The largest absolute Gasteiger partial charge is 0.380 e. The normalized spacial score (nSPS) is 21.9. The molecule has 120 valence electrons. The zero-order valence-corrected chi connectivity index (χ0v) is 13.3. The molecular formula is C17H24FN3O. The minimum Gasteiger partial charge on any atom is -0.380 e. The molecule has 1 saturated heterocycles. The van der Waals surface area contributed by atoms with Crippen LogP contribution in [0.15, 0.2) is 29.3 Å². The van der Waals surface area contributed by atoms with Crippen LogP contribution in [0, 0.1) is 11.2 Å². The van der Waals surface area contributed by atoms with E-state index in [9.17, 15) is 4.39 Å². The SMILES string of the molecule is CN=C(NCC1(C)COC1)NCC1(c2ccccc2F)CC1. The van der Waals surface area contributed by atoms with Crippen LogP contribution >= 0.6 is 0 Å². The molecule has 1 heterocycles. The monoisotopic (exact) mass is 305 g/mol. The van der Waals surface area contributed by atoms with Gasteiger partial charge in [0.1, 0.15) is 5.82 Å². The van der Waals surface area contributed by atoms with Gasteiger partial charge in [0, 0.05) is 31.0 Å². The van der Waals surface area contributed by atoms with Gasteiger partial charge in [-0.25, -0.2) is 4.39 Å². The molecule has 1 aliphatic heterocycles. The molecule has 2 N–H and O–H groups in total. The molecule has 0 unspecified atom stereocenters. The summed E-state index contributed by atoms with van der Waals surface area (Å²) in [6.07, 6.45) is 2.03. The van der Waals surface area contributed by atoms with Crippen molar-refractivity contribution in [3.05, 3.63) is 35.6 Å². The lowest BCUT2D eigenvalue weighted by Crippen LogP contribution is -2.51. The summed E-state index contributed by atoms with van der Waals surface area (Å²) < 4.78 is 19.3. The number of ether oxygens (including phenoxy) is 1. The number of halogens is 1. The molecule has 2 fully saturated rings. The third-order valence-corrected chi connectivity index (χ3v) is 4.70. The zero-order chi connectivity index (χ0) is 15.6. The van der Waals surface area contributed by atoms with Gasteiger partial charge < -0.3 is 15.4 Å². The van der Waals surface area contributed by atoms with E-state index >= 15 is 0 Å². The second-order valence-corrected chi connectivity index (χ2v) is 6.84. The fourth-order valence-electron chi connectivity index (χ4n) is 2.91. The van der Waals surface area contributed by atoms with Gasteiger partial charge in [0.05, 0.1) is 13.2 Å². The number of hydrogen-bond acceptors (Lipinski definition) is 2.